The zero-order valence-corrected chi connectivity index (χ0v) is 27.5. The predicted octanol–water partition coefficient (Wildman–Crippen LogP) is -0.620. The number of esters is 1. The zero-order chi connectivity index (χ0) is 35.5. The summed E-state index contributed by atoms with van der Waals surface area (Å²) >= 11 is 0. The smallest absolute Gasteiger partial charge is 0.325 e. The summed E-state index contributed by atoms with van der Waals surface area (Å²) in [7, 11) is 0. The Morgan fingerprint density at radius 2 is 1.40 bits per heavy atom. The highest BCUT2D eigenvalue weighted by Crippen LogP contribution is 2.13. The molecule has 0 aliphatic heterocycles. The van der Waals surface area contributed by atoms with Crippen molar-refractivity contribution in [2.24, 2.45) is 44.6 Å². The van der Waals surface area contributed by atoms with Crippen LogP contribution >= 0.6 is 0 Å². The Morgan fingerprint density at radius 3 is 1.98 bits per heavy atom. The van der Waals surface area contributed by atoms with E-state index in [4.69, 9.17) is 33.4 Å². The van der Waals surface area contributed by atoms with E-state index in [9.17, 15) is 19.2 Å². The van der Waals surface area contributed by atoms with E-state index in [0.717, 1.165) is 5.56 Å². The topological polar surface area (TPSA) is 280 Å². The Bertz CT molecular complexity index is 1390. The van der Waals surface area contributed by atoms with Crippen molar-refractivity contribution >= 4 is 41.3 Å². The van der Waals surface area contributed by atoms with Gasteiger partial charge in [0.2, 0.25) is 17.7 Å². The number of hydrogen-bond donors (Lipinski definition) is 9. The maximum absolute atomic E-state index is 13.6. The molecular formula is C32H49N11O5. The molecule has 2 rings (SSSR count). The minimum atomic E-state index is -1.02. The van der Waals surface area contributed by atoms with Gasteiger partial charge in [0.1, 0.15) is 17.8 Å². The summed E-state index contributed by atoms with van der Waals surface area (Å²) in [5.74, 6) is -2.36. The van der Waals surface area contributed by atoms with Gasteiger partial charge in [-0.2, -0.15) is 0 Å². The van der Waals surface area contributed by atoms with Crippen molar-refractivity contribution in [2.45, 2.75) is 64.2 Å². The van der Waals surface area contributed by atoms with E-state index in [-0.39, 0.29) is 56.9 Å². The van der Waals surface area contributed by atoms with E-state index in [1.807, 2.05) is 6.07 Å². The number of amides is 3. The van der Waals surface area contributed by atoms with Gasteiger partial charge in [-0.1, -0.05) is 44.2 Å². The summed E-state index contributed by atoms with van der Waals surface area (Å²) in [6.45, 7) is 4.02. The molecular weight excluding hydrogens is 618 g/mol. The van der Waals surface area contributed by atoms with Crippen LogP contribution in [0.15, 0.2) is 64.6 Å². The molecule has 3 amide bonds. The number of nitrogens with two attached hydrogens (primary N) is 5. The molecule has 0 unspecified atom stereocenters. The molecule has 0 radical (unpaired) electrons. The van der Waals surface area contributed by atoms with Gasteiger partial charge in [-0.25, -0.2) is 0 Å². The fourth-order valence-electron chi connectivity index (χ4n) is 4.52. The number of benzene rings is 2. The van der Waals surface area contributed by atoms with Crippen LogP contribution in [0.1, 0.15) is 45.1 Å². The van der Waals surface area contributed by atoms with Gasteiger partial charge in [0.15, 0.2) is 11.9 Å². The van der Waals surface area contributed by atoms with E-state index < -0.39 is 41.8 Å². The average Bonchev–Trinajstić information content (AvgIpc) is 3.04. The Labute approximate surface area is 280 Å². The van der Waals surface area contributed by atoms with Gasteiger partial charge in [0.05, 0.1) is 12.6 Å². The molecule has 0 fully saturated rings. The third kappa shape index (κ3) is 14.9. The van der Waals surface area contributed by atoms with Gasteiger partial charge >= 0.3 is 5.97 Å². The fraction of sp³-hybridized carbons (Fsp3) is 0.438. The molecule has 14 N–H and O–H groups in total. The highest BCUT2D eigenvalue weighted by Gasteiger charge is 2.31. The molecule has 262 valence electrons. The summed E-state index contributed by atoms with van der Waals surface area (Å²) in [6, 6.07) is 12.6. The van der Waals surface area contributed by atoms with Crippen molar-refractivity contribution in [3.8, 4) is 5.75 Å². The fourth-order valence-corrected chi connectivity index (χ4v) is 4.52. The summed E-state index contributed by atoms with van der Waals surface area (Å²) in [6.07, 6.45) is 1.24. The van der Waals surface area contributed by atoms with Crippen LogP contribution in [0, 0.1) is 5.92 Å². The average molecular weight is 668 g/mol. The Hall–Kier alpha value is -5.22. The summed E-state index contributed by atoms with van der Waals surface area (Å²) < 4.78 is 5.32. The van der Waals surface area contributed by atoms with Gasteiger partial charge in [-0.15, -0.1) is 0 Å². The van der Waals surface area contributed by atoms with Gasteiger partial charge in [0, 0.05) is 25.3 Å². The lowest BCUT2D eigenvalue weighted by molar-refractivity contribution is -0.134. The lowest BCUT2D eigenvalue weighted by atomic mass is 10.0. The molecule has 16 nitrogen and oxygen atoms in total. The molecule has 0 saturated heterocycles. The highest BCUT2D eigenvalue weighted by molar-refractivity contribution is 5.98. The quantitative estimate of drug-likeness (QED) is 0.0282. The number of nitrogens with one attached hydrogen (secondary N) is 4. The van der Waals surface area contributed by atoms with E-state index >= 15 is 0 Å². The van der Waals surface area contributed by atoms with Crippen molar-refractivity contribution in [2.75, 3.05) is 25.0 Å². The van der Waals surface area contributed by atoms with Crippen LogP contribution in [0.3, 0.4) is 0 Å². The van der Waals surface area contributed by atoms with Crippen molar-refractivity contribution in [1.82, 2.24) is 16.0 Å². The van der Waals surface area contributed by atoms with E-state index in [1.165, 1.54) is 0 Å². The molecule has 0 spiro atoms. The number of para-hydroxylation sites is 1. The first-order chi connectivity index (χ1) is 22.9. The summed E-state index contributed by atoms with van der Waals surface area (Å²) in [5, 5.41) is 11.3. The second-order valence-electron chi connectivity index (χ2n) is 11.3. The monoisotopic (exact) mass is 667 g/mol. The molecule has 0 aromatic heterocycles. The zero-order valence-electron chi connectivity index (χ0n) is 27.5. The Kier molecular flexibility index (Phi) is 16.9. The molecule has 0 bridgehead atoms. The number of carbonyl (C=O) groups excluding carboxylic acids is 4. The van der Waals surface area contributed by atoms with E-state index in [2.05, 4.69) is 31.3 Å². The van der Waals surface area contributed by atoms with Crippen LogP contribution in [0.4, 0.5) is 5.69 Å². The minimum Gasteiger partial charge on any atom is -0.426 e. The summed E-state index contributed by atoms with van der Waals surface area (Å²) in [4.78, 5) is 60.9. The number of carbonyl (C=O) groups is 4. The molecule has 16 heteroatoms. The third-order valence-electron chi connectivity index (χ3n) is 6.98. The number of rotatable bonds is 20. The number of anilines is 1. The van der Waals surface area contributed by atoms with Crippen LogP contribution in [0.25, 0.3) is 0 Å². The van der Waals surface area contributed by atoms with E-state index in [0.29, 0.717) is 24.3 Å². The van der Waals surface area contributed by atoms with Gasteiger partial charge in [-0.05, 0) is 61.4 Å². The summed E-state index contributed by atoms with van der Waals surface area (Å²) in [5.41, 5.74) is 28.8. The third-order valence-corrected chi connectivity index (χ3v) is 6.98. The van der Waals surface area contributed by atoms with Crippen molar-refractivity contribution in [1.29, 1.82) is 0 Å². The van der Waals surface area contributed by atoms with Crippen molar-refractivity contribution in [3.63, 3.8) is 0 Å². The van der Waals surface area contributed by atoms with E-state index in [1.54, 1.807) is 62.4 Å². The van der Waals surface area contributed by atoms with Crippen molar-refractivity contribution < 1.29 is 23.9 Å². The largest absolute Gasteiger partial charge is 0.426 e. The van der Waals surface area contributed by atoms with Crippen molar-refractivity contribution in [3.05, 3.63) is 60.2 Å². The molecule has 2 aromatic rings. The molecule has 0 saturated carbocycles. The molecule has 2 aromatic carbocycles. The SMILES string of the molecule is CC(C)[C@H](NC(=O)[C@H](CCCN=C(N)N)NCC(=O)Oc1ccccc1)C(=O)N[C@@H](CCCN=C(N)N)C(=O)Nc1cccc(CN)c1. The van der Waals surface area contributed by atoms with Crippen LogP contribution in [-0.2, 0) is 25.7 Å². The predicted molar refractivity (Wildman–Crippen MR) is 185 cm³/mol. The normalized spacial score (nSPS) is 12.6. The van der Waals surface area contributed by atoms with Crippen LogP contribution in [-0.4, -0.2) is 73.4 Å². The van der Waals surface area contributed by atoms with Gasteiger partial charge < -0.3 is 49.4 Å². The molecule has 0 aliphatic carbocycles. The second-order valence-corrected chi connectivity index (χ2v) is 11.3. The highest BCUT2D eigenvalue weighted by atomic mass is 16.5. The Balaban J connectivity index is 2.17. The lowest BCUT2D eigenvalue weighted by Gasteiger charge is -2.27. The van der Waals surface area contributed by atoms with Crippen LogP contribution in [0.2, 0.25) is 0 Å². The number of nitrogens with zero attached hydrogens (tertiary/aromatic N) is 2. The minimum absolute atomic E-state index is 0.0870. The molecule has 3 atom stereocenters. The lowest BCUT2D eigenvalue weighted by Crippen LogP contribution is -2.57. The first kappa shape index (κ1) is 39.0. The standard InChI is InChI=1S/C32H49N11O5/c1-20(2)27(30(47)42-25(14-8-16-39-32(36)37)29(46)41-22-10-6-9-21(17-22)18-33)43-28(45)24(13-7-15-38-31(34)35)40-19-26(44)48-23-11-4-3-5-12-23/h3-6,9-12,17,20,24-25,27,40H,7-8,13-16,18-19,33H2,1-2H3,(H,41,46)(H,42,47)(H,43,45)(H4,34,35,38)(H4,36,37,39)/t24-,25-,27-/m0/s1. The maximum atomic E-state index is 13.6. The van der Waals surface area contributed by atoms with Gasteiger partial charge in [0.25, 0.3) is 0 Å². The molecule has 0 aliphatic rings. The number of aliphatic imine (C=N–C) groups is 2. The van der Waals surface area contributed by atoms with Crippen LogP contribution in [0.5, 0.6) is 5.75 Å². The second kappa shape index (κ2) is 20.8. The van der Waals surface area contributed by atoms with Gasteiger partial charge in [-0.3, -0.25) is 34.5 Å². The molecule has 48 heavy (non-hydrogen) atoms. The number of guanidine groups is 2. The first-order valence-electron chi connectivity index (χ1n) is 15.7. The Morgan fingerprint density at radius 1 is 0.771 bits per heavy atom. The number of hydrogen-bond acceptors (Lipinski definition) is 9. The number of ether oxygens (including phenoxy) is 1. The maximum Gasteiger partial charge on any atom is 0.325 e. The first-order valence-corrected chi connectivity index (χ1v) is 15.7. The molecule has 0 heterocycles. The van der Waals surface area contributed by atoms with Crippen LogP contribution < -0.4 is 54.7 Å².